The fraction of sp³-hybridized carbons (Fsp3) is 0.400. The van der Waals surface area contributed by atoms with Gasteiger partial charge in [0.25, 0.3) is 0 Å². The highest BCUT2D eigenvalue weighted by molar-refractivity contribution is 5.75. The molecule has 0 aliphatic carbocycles. The first-order valence-electron chi connectivity index (χ1n) is 10.9. The van der Waals surface area contributed by atoms with Crippen LogP contribution in [0.4, 0.5) is 10.5 Å². The number of hydrogen-bond acceptors (Lipinski definition) is 4. The summed E-state index contributed by atoms with van der Waals surface area (Å²) in [6.45, 7) is 3.83. The van der Waals surface area contributed by atoms with Crippen molar-refractivity contribution in [1.29, 1.82) is 0 Å². The third-order valence-corrected chi connectivity index (χ3v) is 6.43. The Morgan fingerprint density at radius 3 is 2.50 bits per heavy atom. The molecule has 3 heterocycles. The van der Waals surface area contributed by atoms with Crippen molar-refractivity contribution in [3.8, 4) is 0 Å². The van der Waals surface area contributed by atoms with Crippen LogP contribution in [0.15, 0.2) is 60.7 Å². The van der Waals surface area contributed by atoms with E-state index in [1.807, 2.05) is 35.2 Å². The summed E-state index contributed by atoms with van der Waals surface area (Å²) in [6.07, 6.45) is 5.03. The van der Waals surface area contributed by atoms with Crippen molar-refractivity contribution < 1.29 is 14.3 Å². The van der Waals surface area contributed by atoms with Crippen molar-refractivity contribution in [2.75, 3.05) is 31.2 Å². The molecule has 0 aromatic heterocycles. The molecule has 2 bridgehead atoms. The van der Waals surface area contributed by atoms with Crippen LogP contribution in [-0.4, -0.2) is 49.4 Å². The summed E-state index contributed by atoms with van der Waals surface area (Å²) in [5.41, 5.74) is 4.89. The molecule has 2 atom stereocenters. The number of benzene rings is 2. The fourth-order valence-corrected chi connectivity index (χ4v) is 4.83. The summed E-state index contributed by atoms with van der Waals surface area (Å²) in [5, 5.41) is 0. The molecule has 0 spiro atoms. The van der Waals surface area contributed by atoms with Crippen LogP contribution < -0.4 is 4.90 Å². The van der Waals surface area contributed by atoms with Gasteiger partial charge >= 0.3 is 6.09 Å². The van der Waals surface area contributed by atoms with E-state index in [9.17, 15) is 4.79 Å². The predicted molar refractivity (Wildman–Crippen MR) is 117 cm³/mol. The number of fused-ring (bicyclic) bond motifs is 2. The maximum atomic E-state index is 12.8. The third-order valence-electron chi connectivity index (χ3n) is 6.43. The van der Waals surface area contributed by atoms with Crippen molar-refractivity contribution >= 4 is 17.4 Å². The normalized spacial score (nSPS) is 23.3. The van der Waals surface area contributed by atoms with Crippen LogP contribution in [0.3, 0.4) is 0 Å². The summed E-state index contributed by atoms with van der Waals surface area (Å²) in [6, 6.07) is 19.1. The van der Waals surface area contributed by atoms with Gasteiger partial charge in [0.2, 0.25) is 0 Å². The topological polar surface area (TPSA) is 42.0 Å². The quantitative estimate of drug-likeness (QED) is 0.754. The van der Waals surface area contributed by atoms with Crippen molar-refractivity contribution in [3.63, 3.8) is 0 Å². The fourth-order valence-electron chi connectivity index (χ4n) is 4.83. The molecule has 156 valence electrons. The Balaban J connectivity index is 1.25. The Morgan fingerprint density at radius 1 is 1.00 bits per heavy atom. The first kappa shape index (κ1) is 19.2. The first-order valence-corrected chi connectivity index (χ1v) is 10.9. The first-order chi connectivity index (χ1) is 14.8. The van der Waals surface area contributed by atoms with Crippen LogP contribution in [0.5, 0.6) is 0 Å². The zero-order valence-corrected chi connectivity index (χ0v) is 17.2. The van der Waals surface area contributed by atoms with E-state index in [0.717, 1.165) is 51.1 Å². The lowest BCUT2D eigenvalue weighted by Gasteiger charge is -2.33. The molecule has 2 fully saturated rings. The maximum absolute atomic E-state index is 12.8. The lowest BCUT2D eigenvalue weighted by atomic mass is 9.95. The third kappa shape index (κ3) is 3.94. The number of carbonyl (C=O) groups is 1. The molecular formula is C25H28N2O3. The minimum absolute atomic E-state index is 0.140. The van der Waals surface area contributed by atoms with Crippen LogP contribution in [0.2, 0.25) is 0 Å². The van der Waals surface area contributed by atoms with Crippen molar-refractivity contribution in [2.45, 2.75) is 38.0 Å². The average molecular weight is 405 g/mol. The Kier molecular flexibility index (Phi) is 5.45. The van der Waals surface area contributed by atoms with E-state index in [4.69, 9.17) is 9.47 Å². The minimum atomic E-state index is -0.190. The summed E-state index contributed by atoms with van der Waals surface area (Å²) in [5.74, 6) is 0. The molecule has 0 N–H and O–H groups in total. The molecule has 0 radical (unpaired) electrons. The van der Waals surface area contributed by atoms with Gasteiger partial charge in [-0.2, -0.15) is 0 Å². The van der Waals surface area contributed by atoms with E-state index in [0.29, 0.717) is 6.61 Å². The van der Waals surface area contributed by atoms with Crippen LogP contribution in [-0.2, 0) is 16.1 Å². The number of rotatable bonds is 4. The van der Waals surface area contributed by atoms with Gasteiger partial charge in [0.05, 0.1) is 19.3 Å². The number of ether oxygens (including phenoxy) is 2. The number of hydrogen-bond donors (Lipinski definition) is 0. The van der Waals surface area contributed by atoms with Crippen molar-refractivity contribution in [3.05, 3.63) is 71.8 Å². The molecule has 2 unspecified atom stereocenters. The van der Waals surface area contributed by atoms with Gasteiger partial charge in [0.15, 0.2) is 0 Å². The SMILES string of the molecule is O=C(OCc1ccccc1)N1C2C=C(c3ccc(N4CCOCC4)cc3)CC1CC2. The average Bonchev–Trinajstić information content (AvgIpc) is 3.08. The lowest BCUT2D eigenvalue weighted by Crippen LogP contribution is -2.43. The molecule has 2 aromatic rings. The monoisotopic (exact) mass is 404 g/mol. The highest BCUT2D eigenvalue weighted by Crippen LogP contribution is 2.39. The molecule has 5 nitrogen and oxygen atoms in total. The predicted octanol–water partition coefficient (Wildman–Crippen LogP) is 4.48. The van der Waals surface area contributed by atoms with Crippen LogP contribution in [0.1, 0.15) is 30.4 Å². The molecule has 30 heavy (non-hydrogen) atoms. The molecule has 0 saturated carbocycles. The van der Waals surface area contributed by atoms with E-state index in [-0.39, 0.29) is 18.2 Å². The summed E-state index contributed by atoms with van der Waals surface area (Å²) in [7, 11) is 0. The largest absolute Gasteiger partial charge is 0.445 e. The van der Waals surface area contributed by atoms with E-state index >= 15 is 0 Å². The number of anilines is 1. The zero-order chi connectivity index (χ0) is 20.3. The zero-order valence-electron chi connectivity index (χ0n) is 17.2. The number of carbonyl (C=O) groups excluding carboxylic acids is 1. The van der Waals surface area contributed by atoms with Crippen LogP contribution in [0.25, 0.3) is 5.57 Å². The van der Waals surface area contributed by atoms with E-state index in [1.165, 1.54) is 16.8 Å². The second-order valence-electron chi connectivity index (χ2n) is 8.29. The van der Waals surface area contributed by atoms with Gasteiger partial charge in [-0.05, 0) is 48.1 Å². The second-order valence-corrected chi connectivity index (χ2v) is 8.29. The van der Waals surface area contributed by atoms with Gasteiger partial charge in [-0.3, -0.25) is 4.90 Å². The molecular weight excluding hydrogens is 376 g/mol. The minimum Gasteiger partial charge on any atom is -0.445 e. The van der Waals surface area contributed by atoms with Gasteiger partial charge in [0.1, 0.15) is 6.61 Å². The molecule has 1 amide bonds. The Morgan fingerprint density at radius 2 is 1.77 bits per heavy atom. The van der Waals surface area contributed by atoms with Gasteiger partial charge in [-0.1, -0.05) is 48.5 Å². The number of amides is 1. The molecule has 3 aliphatic rings. The number of nitrogens with zero attached hydrogens (tertiary/aromatic N) is 2. The van der Waals surface area contributed by atoms with Gasteiger partial charge in [0, 0.05) is 24.8 Å². The van der Waals surface area contributed by atoms with Crippen LogP contribution in [0, 0.1) is 0 Å². The summed E-state index contributed by atoms with van der Waals surface area (Å²) >= 11 is 0. The van der Waals surface area contributed by atoms with Crippen LogP contribution >= 0.6 is 0 Å². The van der Waals surface area contributed by atoms with E-state index in [1.54, 1.807) is 0 Å². The van der Waals surface area contributed by atoms with Crippen molar-refractivity contribution in [1.82, 2.24) is 4.90 Å². The lowest BCUT2D eigenvalue weighted by molar-refractivity contribution is 0.0832. The second kappa shape index (κ2) is 8.52. The highest BCUT2D eigenvalue weighted by Gasteiger charge is 2.40. The highest BCUT2D eigenvalue weighted by atomic mass is 16.6. The Bertz CT molecular complexity index is 904. The van der Waals surface area contributed by atoms with Crippen molar-refractivity contribution in [2.24, 2.45) is 0 Å². The molecule has 2 aromatic carbocycles. The van der Waals surface area contributed by atoms with E-state index < -0.39 is 0 Å². The molecule has 5 rings (SSSR count). The number of morpholine rings is 1. The molecule has 5 heteroatoms. The smallest absolute Gasteiger partial charge is 0.410 e. The summed E-state index contributed by atoms with van der Waals surface area (Å²) in [4.78, 5) is 17.1. The van der Waals surface area contributed by atoms with E-state index in [2.05, 4.69) is 35.2 Å². The van der Waals surface area contributed by atoms with Gasteiger partial charge in [-0.25, -0.2) is 4.79 Å². The maximum Gasteiger partial charge on any atom is 0.410 e. The molecule has 3 aliphatic heterocycles. The van der Waals surface area contributed by atoms with Gasteiger partial charge in [-0.15, -0.1) is 0 Å². The molecule has 2 saturated heterocycles. The Hall–Kier alpha value is -2.79. The summed E-state index contributed by atoms with van der Waals surface area (Å²) < 4.78 is 11.1. The Labute approximate surface area is 177 Å². The standard InChI is InChI=1S/C25H28N2O3/c28-25(30-18-19-4-2-1-3-5-19)27-23-10-11-24(27)17-21(16-23)20-6-8-22(9-7-20)26-12-14-29-15-13-26/h1-9,16,23-24H,10-15,17-18H2. The van der Waals surface area contributed by atoms with Gasteiger partial charge < -0.3 is 14.4 Å².